The molecule has 2 rings (SSSR count). The maximum absolute atomic E-state index is 4.22. The molecule has 0 aliphatic rings. The molecular weight excluding hydrogens is 279 g/mol. The number of hydrogen-bond donors (Lipinski definition) is 0. The molecule has 1 heterocycles. The molecule has 0 N–H and O–H groups in total. The topological polar surface area (TPSA) is 25.8 Å². The van der Waals surface area contributed by atoms with Crippen molar-refractivity contribution in [3.8, 4) is 0 Å². The molecule has 3 heteroatoms. The van der Waals surface area contributed by atoms with E-state index in [1.807, 2.05) is 6.20 Å². The zero-order valence-electron chi connectivity index (χ0n) is 8.78. The summed E-state index contributed by atoms with van der Waals surface area (Å²) in [7, 11) is 0. The van der Waals surface area contributed by atoms with Gasteiger partial charge in [0.05, 0.1) is 0 Å². The molecule has 0 bridgehead atoms. The van der Waals surface area contributed by atoms with Crippen LogP contribution in [-0.4, -0.2) is 28.3 Å². The second-order valence-electron chi connectivity index (χ2n) is 4.55. The Morgan fingerprint density at radius 2 is 1.93 bits per heavy atom. The predicted molar refractivity (Wildman–Crippen MR) is 62.5 cm³/mol. The predicted octanol–water partition coefficient (Wildman–Crippen LogP) is 2.17. The monoisotopic (exact) mass is 294 g/mol. The Bertz CT molecular complexity index is 460. The Morgan fingerprint density at radius 3 is 2.64 bits per heavy atom. The zero-order valence-corrected chi connectivity index (χ0v) is 11.6. The second kappa shape index (κ2) is 3.50. The fourth-order valence-electron chi connectivity index (χ4n) is 1.45. The molecular formula is C11H14N2Sn. The van der Waals surface area contributed by atoms with E-state index < -0.39 is 18.4 Å². The van der Waals surface area contributed by atoms with Crippen LogP contribution >= 0.6 is 0 Å². The molecule has 2 aromatic rings. The molecule has 0 spiro atoms. The summed E-state index contributed by atoms with van der Waals surface area (Å²) in [5, 5.41) is 1.16. The summed E-state index contributed by atoms with van der Waals surface area (Å²) in [6, 6.07) is 6.59. The number of fused-ring (bicyclic) bond motifs is 1. The third-order valence-electron chi connectivity index (χ3n) is 2.37. The van der Waals surface area contributed by atoms with E-state index in [1.54, 1.807) is 6.33 Å². The minimum absolute atomic E-state index is 1.04. The first kappa shape index (κ1) is 9.90. The molecule has 1 aromatic heterocycles. The third-order valence-corrected chi connectivity index (χ3v) is 8.20. The first-order chi connectivity index (χ1) is 6.57. The Hall–Kier alpha value is -0.641. The van der Waals surface area contributed by atoms with Gasteiger partial charge in [0, 0.05) is 0 Å². The van der Waals surface area contributed by atoms with Crippen LogP contribution in [-0.2, 0) is 0 Å². The van der Waals surface area contributed by atoms with Crippen molar-refractivity contribution in [2.45, 2.75) is 14.8 Å². The number of hydrogen-bond acceptors (Lipinski definition) is 2. The van der Waals surface area contributed by atoms with Gasteiger partial charge in [-0.3, -0.25) is 0 Å². The molecule has 0 atom stereocenters. The van der Waals surface area contributed by atoms with Gasteiger partial charge >= 0.3 is 88.4 Å². The van der Waals surface area contributed by atoms with E-state index in [4.69, 9.17) is 0 Å². The van der Waals surface area contributed by atoms with Gasteiger partial charge in [-0.2, -0.15) is 0 Å². The quantitative estimate of drug-likeness (QED) is 0.753. The first-order valence-electron chi connectivity index (χ1n) is 4.77. The SMILES string of the molecule is [CH3][Sn]([CH3])([CH3])[c]1ccc2ncncc2c1. The van der Waals surface area contributed by atoms with Crippen LogP contribution in [0, 0.1) is 0 Å². The van der Waals surface area contributed by atoms with E-state index >= 15 is 0 Å². The molecule has 0 radical (unpaired) electrons. The summed E-state index contributed by atoms with van der Waals surface area (Å²) in [6.45, 7) is 0. The van der Waals surface area contributed by atoms with Gasteiger partial charge in [0.1, 0.15) is 0 Å². The molecule has 0 saturated carbocycles. The average molecular weight is 293 g/mol. The second-order valence-corrected chi connectivity index (χ2v) is 19.0. The standard InChI is InChI=1S/C8H5N2.3CH3.Sn/c1-2-4-8-7(3-1)5-9-6-10-8;;;;/h2-6H;3*1H3;. The van der Waals surface area contributed by atoms with Crippen molar-refractivity contribution in [1.29, 1.82) is 0 Å². The van der Waals surface area contributed by atoms with E-state index in [9.17, 15) is 0 Å². The van der Waals surface area contributed by atoms with Crippen LogP contribution in [0.3, 0.4) is 0 Å². The zero-order chi connectivity index (χ0) is 10.2. The van der Waals surface area contributed by atoms with Crippen molar-refractivity contribution in [3.63, 3.8) is 0 Å². The Balaban J connectivity index is 2.63. The van der Waals surface area contributed by atoms with E-state index in [1.165, 1.54) is 3.58 Å². The fraction of sp³-hybridized carbons (Fsp3) is 0.273. The molecule has 14 heavy (non-hydrogen) atoms. The summed E-state index contributed by atoms with van der Waals surface area (Å²) in [6.07, 6.45) is 3.49. The van der Waals surface area contributed by atoms with Crippen LogP contribution in [0.2, 0.25) is 14.8 Å². The van der Waals surface area contributed by atoms with Gasteiger partial charge in [-0.1, -0.05) is 0 Å². The van der Waals surface area contributed by atoms with E-state index in [0.717, 1.165) is 10.9 Å². The fourth-order valence-corrected chi connectivity index (χ4v) is 4.80. The molecule has 0 fully saturated rings. The molecule has 0 unspecified atom stereocenters. The van der Waals surface area contributed by atoms with E-state index in [2.05, 4.69) is 43.0 Å². The molecule has 0 saturated heterocycles. The van der Waals surface area contributed by atoms with Crippen molar-refractivity contribution < 1.29 is 0 Å². The van der Waals surface area contributed by atoms with Crippen LogP contribution in [0.25, 0.3) is 10.9 Å². The van der Waals surface area contributed by atoms with E-state index in [-0.39, 0.29) is 0 Å². The normalized spacial score (nSPS) is 11.9. The summed E-state index contributed by atoms with van der Waals surface area (Å²) < 4.78 is 1.53. The van der Waals surface area contributed by atoms with Crippen LogP contribution in [0.15, 0.2) is 30.7 Å². The Labute approximate surface area is 88.3 Å². The molecule has 72 valence electrons. The molecule has 1 aromatic carbocycles. The van der Waals surface area contributed by atoms with Crippen molar-refractivity contribution in [2.24, 2.45) is 0 Å². The van der Waals surface area contributed by atoms with Crippen molar-refractivity contribution in [3.05, 3.63) is 30.7 Å². The number of benzene rings is 1. The van der Waals surface area contributed by atoms with Gasteiger partial charge in [-0.25, -0.2) is 0 Å². The molecule has 0 amide bonds. The molecule has 2 nitrogen and oxygen atoms in total. The Kier molecular flexibility index (Phi) is 2.47. The maximum atomic E-state index is 4.22. The summed E-state index contributed by atoms with van der Waals surface area (Å²) in [5.41, 5.74) is 1.04. The Morgan fingerprint density at radius 1 is 1.14 bits per heavy atom. The molecule has 0 aliphatic carbocycles. The number of nitrogens with zero attached hydrogens (tertiary/aromatic N) is 2. The van der Waals surface area contributed by atoms with Gasteiger partial charge in [-0.05, 0) is 0 Å². The summed E-state index contributed by atoms with van der Waals surface area (Å²) in [4.78, 5) is 15.5. The summed E-state index contributed by atoms with van der Waals surface area (Å²) in [5.74, 6) is 0. The minimum atomic E-state index is -1.92. The van der Waals surface area contributed by atoms with Crippen molar-refractivity contribution in [1.82, 2.24) is 9.97 Å². The average Bonchev–Trinajstić information content (AvgIpc) is 2.16. The van der Waals surface area contributed by atoms with Gasteiger partial charge < -0.3 is 0 Å². The number of aromatic nitrogens is 2. The first-order valence-corrected chi connectivity index (χ1v) is 14.8. The van der Waals surface area contributed by atoms with Crippen molar-refractivity contribution >= 4 is 32.9 Å². The van der Waals surface area contributed by atoms with Crippen LogP contribution in [0.4, 0.5) is 0 Å². The van der Waals surface area contributed by atoms with Gasteiger partial charge in [-0.15, -0.1) is 0 Å². The van der Waals surface area contributed by atoms with Crippen molar-refractivity contribution in [2.75, 3.05) is 0 Å². The van der Waals surface area contributed by atoms with Gasteiger partial charge in [0.25, 0.3) is 0 Å². The van der Waals surface area contributed by atoms with Crippen LogP contribution in [0.5, 0.6) is 0 Å². The third kappa shape index (κ3) is 1.90. The van der Waals surface area contributed by atoms with Crippen LogP contribution < -0.4 is 3.58 Å². The van der Waals surface area contributed by atoms with Crippen LogP contribution in [0.1, 0.15) is 0 Å². The van der Waals surface area contributed by atoms with E-state index in [0.29, 0.717) is 0 Å². The van der Waals surface area contributed by atoms with Gasteiger partial charge in [0.2, 0.25) is 0 Å². The summed E-state index contributed by atoms with van der Waals surface area (Å²) >= 11 is -1.92. The number of rotatable bonds is 1. The molecule has 0 aliphatic heterocycles. The van der Waals surface area contributed by atoms with Gasteiger partial charge in [0.15, 0.2) is 0 Å².